The zero-order valence-electron chi connectivity index (χ0n) is 10.9. The molecule has 0 spiro atoms. The monoisotopic (exact) mass is 329 g/mol. The van der Waals surface area contributed by atoms with Gasteiger partial charge in [0.15, 0.2) is 0 Å². The van der Waals surface area contributed by atoms with Crippen LogP contribution in [0.5, 0.6) is 11.5 Å². The van der Waals surface area contributed by atoms with Crippen molar-refractivity contribution >= 4 is 34.8 Å². The molecule has 5 heteroatoms. The van der Waals surface area contributed by atoms with Gasteiger partial charge in [0.1, 0.15) is 11.5 Å². The highest BCUT2D eigenvalue weighted by atomic mass is 35.5. The average Bonchev–Trinajstić information content (AvgIpc) is 2.37. The first-order valence-corrected chi connectivity index (χ1v) is 7.26. The lowest BCUT2D eigenvalue weighted by Crippen LogP contribution is -2.18. The van der Waals surface area contributed by atoms with Crippen molar-refractivity contribution in [2.24, 2.45) is 5.73 Å². The van der Waals surface area contributed by atoms with Gasteiger partial charge in [-0.1, -0.05) is 46.9 Å². The summed E-state index contributed by atoms with van der Waals surface area (Å²) in [6, 6.07) is 10.6. The zero-order chi connectivity index (χ0) is 14.7. The van der Waals surface area contributed by atoms with Gasteiger partial charge in [-0.2, -0.15) is 0 Å². The smallest absolute Gasteiger partial charge is 0.149 e. The number of hydrogen-bond acceptors (Lipinski definition) is 2. The summed E-state index contributed by atoms with van der Waals surface area (Å²) in [5.41, 5.74) is 6.78. The summed E-state index contributed by atoms with van der Waals surface area (Å²) in [5, 5.41) is 1.53. The van der Waals surface area contributed by atoms with Crippen molar-refractivity contribution in [2.45, 2.75) is 19.4 Å². The molecule has 0 aliphatic heterocycles. The second-order valence-corrected chi connectivity index (χ2v) is 5.84. The summed E-state index contributed by atoms with van der Waals surface area (Å²) in [5.74, 6) is 1.04. The summed E-state index contributed by atoms with van der Waals surface area (Å²) < 4.78 is 5.85. The lowest BCUT2D eigenvalue weighted by Gasteiger charge is -2.15. The molecule has 0 aromatic heterocycles. The largest absolute Gasteiger partial charge is 0.454 e. The molecule has 0 saturated heterocycles. The van der Waals surface area contributed by atoms with Crippen LogP contribution >= 0.6 is 34.8 Å². The molecule has 2 N–H and O–H groups in total. The minimum absolute atomic E-state index is 0.00523. The fourth-order valence-corrected chi connectivity index (χ4v) is 2.39. The Bertz CT molecular complexity index is 614. The number of hydrogen-bond donors (Lipinski definition) is 1. The van der Waals surface area contributed by atoms with Crippen molar-refractivity contribution < 1.29 is 4.74 Å². The van der Waals surface area contributed by atoms with Crippen LogP contribution in [-0.2, 0) is 6.42 Å². The number of nitrogens with two attached hydrogens (primary N) is 1. The molecule has 2 nitrogen and oxygen atoms in total. The molecular weight excluding hydrogens is 317 g/mol. The fraction of sp³-hybridized carbons (Fsp3) is 0.200. The molecule has 2 aromatic carbocycles. The van der Waals surface area contributed by atoms with Crippen molar-refractivity contribution in [2.75, 3.05) is 0 Å². The van der Waals surface area contributed by atoms with Crippen LogP contribution in [0.2, 0.25) is 15.1 Å². The number of para-hydroxylation sites is 1. The molecule has 0 saturated carbocycles. The predicted molar refractivity (Wildman–Crippen MR) is 85.3 cm³/mol. The molecule has 0 radical (unpaired) electrons. The second kappa shape index (κ2) is 6.68. The maximum absolute atomic E-state index is 6.21. The Morgan fingerprint density at radius 3 is 2.55 bits per heavy atom. The molecule has 106 valence electrons. The zero-order valence-corrected chi connectivity index (χ0v) is 13.1. The lowest BCUT2D eigenvalue weighted by molar-refractivity contribution is 0.474. The Balaban J connectivity index is 2.39. The molecule has 20 heavy (non-hydrogen) atoms. The first-order valence-electron chi connectivity index (χ1n) is 6.13. The van der Waals surface area contributed by atoms with Crippen molar-refractivity contribution in [3.63, 3.8) is 0 Å². The van der Waals surface area contributed by atoms with Crippen LogP contribution in [0, 0.1) is 0 Å². The predicted octanol–water partition coefficient (Wildman–Crippen LogP) is 5.33. The Kier molecular flexibility index (Phi) is 5.17. The third-order valence-corrected chi connectivity index (χ3v) is 3.54. The lowest BCUT2D eigenvalue weighted by atomic mass is 10.1. The van der Waals surface area contributed by atoms with Gasteiger partial charge < -0.3 is 10.5 Å². The standard InChI is InChI=1S/C15H14Cl3NO/c1-9(19)7-10-3-2-4-13(18)15(10)20-14-8-11(16)5-6-12(14)17/h2-6,8-9H,7,19H2,1H3. The third kappa shape index (κ3) is 3.80. The molecule has 2 aromatic rings. The molecular formula is C15H14Cl3NO. The third-order valence-electron chi connectivity index (χ3n) is 2.70. The maximum Gasteiger partial charge on any atom is 0.149 e. The quantitative estimate of drug-likeness (QED) is 0.822. The normalized spacial score (nSPS) is 12.2. The first kappa shape index (κ1) is 15.5. The van der Waals surface area contributed by atoms with Crippen LogP contribution < -0.4 is 10.5 Å². The van der Waals surface area contributed by atoms with E-state index in [0.717, 1.165) is 5.56 Å². The number of benzene rings is 2. The van der Waals surface area contributed by atoms with Gasteiger partial charge >= 0.3 is 0 Å². The van der Waals surface area contributed by atoms with Crippen molar-refractivity contribution in [1.82, 2.24) is 0 Å². The van der Waals surface area contributed by atoms with E-state index in [1.165, 1.54) is 0 Å². The SMILES string of the molecule is CC(N)Cc1cccc(Cl)c1Oc1cc(Cl)ccc1Cl. The molecule has 0 bridgehead atoms. The van der Waals surface area contributed by atoms with Gasteiger partial charge in [-0.15, -0.1) is 0 Å². The van der Waals surface area contributed by atoms with Crippen LogP contribution in [0.15, 0.2) is 36.4 Å². The fourth-order valence-electron chi connectivity index (χ4n) is 1.84. The van der Waals surface area contributed by atoms with Crippen LogP contribution in [0.3, 0.4) is 0 Å². The Morgan fingerprint density at radius 1 is 1.10 bits per heavy atom. The minimum atomic E-state index is 0.00523. The van der Waals surface area contributed by atoms with E-state index in [1.807, 2.05) is 19.1 Å². The van der Waals surface area contributed by atoms with Gasteiger partial charge in [0.05, 0.1) is 10.0 Å². The summed E-state index contributed by atoms with van der Waals surface area (Å²) in [7, 11) is 0. The van der Waals surface area contributed by atoms with Crippen LogP contribution in [0.25, 0.3) is 0 Å². The van der Waals surface area contributed by atoms with Gasteiger partial charge in [-0.25, -0.2) is 0 Å². The highest BCUT2D eigenvalue weighted by Crippen LogP contribution is 2.37. The van der Waals surface area contributed by atoms with E-state index >= 15 is 0 Å². The maximum atomic E-state index is 6.21. The summed E-state index contributed by atoms with van der Waals surface area (Å²) in [6.45, 7) is 1.93. The van der Waals surface area contributed by atoms with Gasteiger partial charge in [-0.3, -0.25) is 0 Å². The van der Waals surface area contributed by atoms with Crippen LogP contribution in [-0.4, -0.2) is 6.04 Å². The molecule has 0 aliphatic rings. The molecule has 1 unspecified atom stereocenters. The number of rotatable bonds is 4. The van der Waals surface area contributed by atoms with Crippen molar-refractivity contribution in [3.8, 4) is 11.5 Å². The van der Waals surface area contributed by atoms with E-state index in [9.17, 15) is 0 Å². The Morgan fingerprint density at radius 2 is 1.85 bits per heavy atom. The van der Waals surface area contributed by atoms with E-state index in [0.29, 0.717) is 33.0 Å². The minimum Gasteiger partial charge on any atom is -0.454 e. The molecule has 0 fully saturated rings. The van der Waals surface area contributed by atoms with Gasteiger partial charge in [0.2, 0.25) is 0 Å². The Labute approximate surface area is 133 Å². The Hall–Kier alpha value is -0.930. The second-order valence-electron chi connectivity index (χ2n) is 4.59. The van der Waals surface area contributed by atoms with E-state index in [4.69, 9.17) is 45.3 Å². The average molecular weight is 331 g/mol. The van der Waals surface area contributed by atoms with E-state index in [2.05, 4.69) is 0 Å². The highest BCUT2D eigenvalue weighted by molar-refractivity contribution is 6.34. The van der Waals surface area contributed by atoms with Gasteiger partial charge in [0, 0.05) is 17.1 Å². The van der Waals surface area contributed by atoms with Crippen LogP contribution in [0.4, 0.5) is 0 Å². The van der Waals surface area contributed by atoms with E-state index in [1.54, 1.807) is 24.3 Å². The molecule has 0 aliphatic carbocycles. The number of ether oxygens (including phenoxy) is 1. The summed E-state index contributed by atoms with van der Waals surface area (Å²) >= 11 is 18.3. The van der Waals surface area contributed by atoms with E-state index < -0.39 is 0 Å². The summed E-state index contributed by atoms with van der Waals surface area (Å²) in [4.78, 5) is 0. The molecule has 0 amide bonds. The molecule has 1 atom stereocenters. The first-order chi connectivity index (χ1) is 9.47. The molecule has 2 rings (SSSR count). The molecule has 0 heterocycles. The van der Waals surface area contributed by atoms with Crippen LogP contribution in [0.1, 0.15) is 12.5 Å². The topological polar surface area (TPSA) is 35.2 Å². The van der Waals surface area contributed by atoms with Crippen molar-refractivity contribution in [3.05, 3.63) is 57.0 Å². The van der Waals surface area contributed by atoms with Crippen molar-refractivity contribution in [1.29, 1.82) is 0 Å². The summed E-state index contributed by atoms with van der Waals surface area (Å²) in [6.07, 6.45) is 0.661. The van der Waals surface area contributed by atoms with Gasteiger partial charge in [-0.05, 0) is 37.1 Å². The van der Waals surface area contributed by atoms with Gasteiger partial charge in [0.25, 0.3) is 0 Å². The highest BCUT2D eigenvalue weighted by Gasteiger charge is 2.13. The number of halogens is 3. The van der Waals surface area contributed by atoms with E-state index in [-0.39, 0.29) is 6.04 Å².